The van der Waals surface area contributed by atoms with Gasteiger partial charge in [0.1, 0.15) is 0 Å². The molecule has 78 valence electrons. The maximum absolute atomic E-state index is 4.15. The second-order valence-corrected chi connectivity index (χ2v) is 4.06. The predicted octanol–water partition coefficient (Wildman–Crippen LogP) is 1.79. The number of nitrogens with one attached hydrogen (secondary N) is 1. The van der Waals surface area contributed by atoms with E-state index in [0.717, 1.165) is 25.0 Å². The van der Waals surface area contributed by atoms with Crippen LogP contribution < -0.4 is 5.32 Å². The summed E-state index contributed by atoms with van der Waals surface area (Å²) in [6, 6.07) is 0.764. The number of aromatic nitrogens is 2. The fourth-order valence-corrected chi connectivity index (χ4v) is 1.96. The molecule has 2 atom stereocenters. The van der Waals surface area contributed by atoms with Crippen molar-refractivity contribution in [2.45, 2.75) is 45.8 Å². The molecule has 1 aromatic heterocycles. The minimum absolute atomic E-state index is 0.764. The molecule has 0 amide bonds. The van der Waals surface area contributed by atoms with Gasteiger partial charge in [0.15, 0.2) is 0 Å². The van der Waals surface area contributed by atoms with E-state index >= 15 is 0 Å². The molecule has 0 aliphatic heterocycles. The van der Waals surface area contributed by atoms with E-state index in [9.17, 15) is 0 Å². The molecule has 1 aliphatic rings. The molecule has 1 aliphatic carbocycles. The highest BCUT2D eigenvalue weighted by molar-refractivity contribution is 5.00. The first kappa shape index (κ1) is 9.71. The van der Waals surface area contributed by atoms with Gasteiger partial charge in [-0.15, -0.1) is 0 Å². The van der Waals surface area contributed by atoms with Crippen LogP contribution >= 0.6 is 0 Å². The Labute approximate surface area is 85.5 Å². The number of imidazole rings is 1. The largest absolute Gasteiger partial charge is 0.334 e. The first-order valence-corrected chi connectivity index (χ1v) is 5.57. The highest BCUT2D eigenvalue weighted by Crippen LogP contribution is 2.33. The Bertz CT molecular complexity index is 292. The molecule has 1 saturated carbocycles. The summed E-state index contributed by atoms with van der Waals surface area (Å²) in [5, 5.41) is 3.57. The summed E-state index contributed by atoms with van der Waals surface area (Å²) in [7, 11) is 0. The molecule has 3 nitrogen and oxygen atoms in total. The summed E-state index contributed by atoms with van der Waals surface area (Å²) in [6.07, 6.45) is 6.53. The molecular weight excluding hydrogens is 174 g/mol. The number of aryl methyl sites for hydroxylation is 1. The van der Waals surface area contributed by atoms with E-state index in [2.05, 4.69) is 28.7 Å². The second kappa shape index (κ2) is 4.13. The standard InChI is InChI=1S/C11H19N3/c1-3-9-5-11(9)13-7-10-6-12-8-14(10)4-2/h6,8-9,11,13H,3-5,7H2,1-2H3. The number of rotatable bonds is 5. The Morgan fingerprint density at radius 2 is 2.43 bits per heavy atom. The molecular formula is C11H19N3. The van der Waals surface area contributed by atoms with Crippen LogP contribution in [0.1, 0.15) is 32.4 Å². The summed E-state index contributed by atoms with van der Waals surface area (Å²) in [5.74, 6) is 0.924. The third kappa shape index (κ3) is 1.98. The number of hydrogen-bond donors (Lipinski definition) is 1. The lowest BCUT2D eigenvalue weighted by Gasteiger charge is -2.06. The molecule has 1 N–H and O–H groups in total. The molecule has 2 rings (SSSR count). The molecule has 0 aromatic carbocycles. The second-order valence-electron chi connectivity index (χ2n) is 4.06. The lowest BCUT2D eigenvalue weighted by molar-refractivity contribution is 0.591. The van der Waals surface area contributed by atoms with E-state index in [1.165, 1.54) is 18.5 Å². The van der Waals surface area contributed by atoms with Crippen molar-refractivity contribution in [3.05, 3.63) is 18.2 Å². The van der Waals surface area contributed by atoms with Crippen LogP contribution in [0.2, 0.25) is 0 Å². The van der Waals surface area contributed by atoms with Gasteiger partial charge in [0.05, 0.1) is 12.0 Å². The summed E-state index contributed by atoms with van der Waals surface area (Å²) in [6.45, 7) is 6.40. The van der Waals surface area contributed by atoms with Gasteiger partial charge in [0.25, 0.3) is 0 Å². The summed E-state index contributed by atoms with van der Waals surface area (Å²) in [4.78, 5) is 4.15. The van der Waals surface area contributed by atoms with Crippen molar-refractivity contribution in [1.82, 2.24) is 14.9 Å². The molecule has 0 saturated heterocycles. The van der Waals surface area contributed by atoms with Gasteiger partial charge in [-0.3, -0.25) is 0 Å². The third-order valence-electron chi connectivity index (χ3n) is 3.13. The maximum atomic E-state index is 4.15. The molecule has 0 radical (unpaired) electrons. The van der Waals surface area contributed by atoms with Gasteiger partial charge in [-0.25, -0.2) is 4.98 Å². The van der Waals surface area contributed by atoms with Crippen molar-refractivity contribution in [1.29, 1.82) is 0 Å². The lowest BCUT2D eigenvalue weighted by Crippen LogP contribution is -2.19. The van der Waals surface area contributed by atoms with Crippen LogP contribution in [0.4, 0.5) is 0 Å². The Morgan fingerprint density at radius 1 is 1.57 bits per heavy atom. The van der Waals surface area contributed by atoms with Crippen LogP contribution in [0.15, 0.2) is 12.5 Å². The molecule has 3 heteroatoms. The molecule has 1 aromatic rings. The highest BCUT2D eigenvalue weighted by atomic mass is 15.1. The molecule has 2 unspecified atom stereocenters. The normalized spacial score (nSPS) is 25.3. The number of hydrogen-bond acceptors (Lipinski definition) is 2. The minimum Gasteiger partial charge on any atom is -0.334 e. The van der Waals surface area contributed by atoms with Gasteiger partial charge in [0, 0.05) is 25.3 Å². The molecule has 14 heavy (non-hydrogen) atoms. The summed E-state index contributed by atoms with van der Waals surface area (Å²) >= 11 is 0. The zero-order valence-electron chi connectivity index (χ0n) is 9.03. The molecule has 1 fully saturated rings. The Balaban J connectivity index is 1.81. The zero-order valence-corrected chi connectivity index (χ0v) is 9.03. The highest BCUT2D eigenvalue weighted by Gasteiger charge is 2.34. The van der Waals surface area contributed by atoms with Gasteiger partial charge < -0.3 is 9.88 Å². The van der Waals surface area contributed by atoms with E-state index in [0.29, 0.717) is 0 Å². The topological polar surface area (TPSA) is 29.9 Å². The van der Waals surface area contributed by atoms with E-state index in [4.69, 9.17) is 0 Å². The van der Waals surface area contributed by atoms with Crippen molar-refractivity contribution in [2.24, 2.45) is 5.92 Å². The molecule has 0 spiro atoms. The fraction of sp³-hybridized carbons (Fsp3) is 0.727. The minimum atomic E-state index is 0.764. The van der Waals surface area contributed by atoms with Crippen LogP contribution in [0.3, 0.4) is 0 Å². The third-order valence-corrected chi connectivity index (χ3v) is 3.13. The lowest BCUT2D eigenvalue weighted by atomic mass is 10.3. The fourth-order valence-electron chi connectivity index (χ4n) is 1.96. The van der Waals surface area contributed by atoms with Gasteiger partial charge in [-0.1, -0.05) is 13.3 Å². The van der Waals surface area contributed by atoms with E-state index in [-0.39, 0.29) is 0 Å². The van der Waals surface area contributed by atoms with E-state index in [1.807, 2.05) is 12.5 Å². The van der Waals surface area contributed by atoms with E-state index in [1.54, 1.807) is 0 Å². The Hall–Kier alpha value is -0.830. The SMILES string of the molecule is CCC1CC1NCc1cncn1CC. The van der Waals surface area contributed by atoms with Crippen molar-refractivity contribution in [3.63, 3.8) is 0 Å². The van der Waals surface area contributed by atoms with Crippen molar-refractivity contribution in [2.75, 3.05) is 0 Å². The van der Waals surface area contributed by atoms with Gasteiger partial charge >= 0.3 is 0 Å². The van der Waals surface area contributed by atoms with Crippen LogP contribution in [-0.2, 0) is 13.1 Å². The average molecular weight is 193 g/mol. The van der Waals surface area contributed by atoms with Gasteiger partial charge in [0.2, 0.25) is 0 Å². The van der Waals surface area contributed by atoms with Crippen molar-refractivity contribution >= 4 is 0 Å². The summed E-state index contributed by atoms with van der Waals surface area (Å²) in [5.41, 5.74) is 1.30. The zero-order chi connectivity index (χ0) is 9.97. The van der Waals surface area contributed by atoms with Crippen LogP contribution in [0.25, 0.3) is 0 Å². The molecule has 1 heterocycles. The van der Waals surface area contributed by atoms with Gasteiger partial charge in [-0.2, -0.15) is 0 Å². The summed E-state index contributed by atoms with van der Waals surface area (Å²) < 4.78 is 2.19. The Morgan fingerprint density at radius 3 is 3.07 bits per heavy atom. The Kier molecular flexibility index (Phi) is 2.87. The average Bonchev–Trinajstić information content (AvgIpc) is 2.83. The van der Waals surface area contributed by atoms with Crippen LogP contribution in [0.5, 0.6) is 0 Å². The van der Waals surface area contributed by atoms with Crippen molar-refractivity contribution in [3.8, 4) is 0 Å². The van der Waals surface area contributed by atoms with Crippen LogP contribution in [0, 0.1) is 5.92 Å². The van der Waals surface area contributed by atoms with E-state index < -0.39 is 0 Å². The predicted molar refractivity (Wildman–Crippen MR) is 56.9 cm³/mol. The van der Waals surface area contributed by atoms with Gasteiger partial charge in [-0.05, 0) is 19.3 Å². The quantitative estimate of drug-likeness (QED) is 0.772. The number of nitrogens with zero attached hydrogens (tertiary/aromatic N) is 2. The smallest absolute Gasteiger partial charge is 0.0948 e. The first-order chi connectivity index (χ1) is 6.85. The monoisotopic (exact) mass is 193 g/mol. The molecule has 0 bridgehead atoms. The maximum Gasteiger partial charge on any atom is 0.0948 e. The van der Waals surface area contributed by atoms with Crippen LogP contribution in [-0.4, -0.2) is 15.6 Å². The van der Waals surface area contributed by atoms with Crippen molar-refractivity contribution < 1.29 is 0 Å². The first-order valence-electron chi connectivity index (χ1n) is 5.57.